The van der Waals surface area contributed by atoms with Crippen LogP contribution in [-0.2, 0) is 16.0 Å². The zero-order valence-electron chi connectivity index (χ0n) is 9.96. The molecule has 7 heteroatoms. The number of carbonyl (C=O) groups excluding carboxylic acids is 1. The molecule has 0 saturated carbocycles. The van der Waals surface area contributed by atoms with Crippen LogP contribution in [0, 0.1) is 0 Å². The van der Waals surface area contributed by atoms with Gasteiger partial charge in [-0.25, -0.2) is 0 Å². The van der Waals surface area contributed by atoms with Gasteiger partial charge in [0.2, 0.25) is 0 Å². The van der Waals surface area contributed by atoms with Crippen LogP contribution in [-0.4, -0.2) is 25.2 Å². The number of fused-ring (bicyclic) bond motifs is 1. The predicted molar refractivity (Wildman–Crippen MR) is 62.3 cm³/mol. The lowest BCUT2D eigenvalue weighted by atomic mass is 9.96. The first kappa shape index (κ1) is 13.7. The van der Waals surface area contributed by atoms with Gasteiger partial charge < -0.3 is 15.8 Å². The maximum absolute atomic E-state index is 12.1. The number of halogens is 3. The van der Waals surface area contributed by atoms with Crippen LogP contribution in [0.1, 0.15) is 17.2 Å². The molecule has 3 N–H and O–H groups in total. The van der Waals surface area contributed by atoms with E-state index in [2.05, 4.69) is 0 Å². The van der Waals surface area contributed by atoms with Gasteiger partial charge >= 0.3 is 6.18 Å². The van der Waals surface area contributed by atoms with E-state index in [4.69, 9.17) is 10.5 Å². The first-order chi connectivity index (χ1) is 8.87. The predicted octanol–water partition coefficient (Wildman–Crippen LogP) is 1.56. The van der Waals surface area contributed by atoms with Crippen LogP contribution in [0.15, 0.2) is 18.2 Å². The van der Waals surface area contributed by atoms with Crippen molar-refractivity contribution in [2.75, 3.05) is 18.9 Å². The molecule has 0 radical (unpaired) electrons. The highest BCUT2D eigenvalue weighted by Gasteiger charge is 2.32. The number of nitrogens with one attached hydrogen (secondary N) is 1. The number of nitrogens with two attached hydrogens (primary N) is 1. The molecule has 4 nitrogen and oxygen atoms in total. The van der Waals surface area contributed by atoms with Gasteiger partial charge in [-0.2, -0.15) is 13.2 Å². The third-order valence-corrected chi connectivity index (χ3v) is 2.81. The van der Waals surface area contributed by atoms with E-state index in [1.54, 1.807) is 18.2 Å². The Bertz CT molecular complexity index is 488. The molecule has 104 valence electrons. The van der Waals surface area contributed by atoms with Gasteiger partial charge in [-0.1, -0.05) is 6.07 Å². The summed E-state index contributed by atoms with van der Waals surface area (Å²) in [6.07, 6.45) is -4.86. The second-order valence-electron chi connectivity index (χ2n) is 4.29. The summed E-state index contributed by atoms with van der Waals surface area (Å²) < 4.78 is 41.4. The minimum atomic E-state index is -4.44. The number of amides is 1. The van der Waals surface area contributed by atoms with Gasteiger partial charge in [0.05, 0.1) is 6.61 Å². The molecule has 1 aromatic rings. The third kappa shape index (κ3) is 3.37. The summed E-state index contributed by atoms with van der Waals surface area (Å²) in [6, 6.07) is 4.92. The number of carbonyl (C=O) groups is 1. The molecule has 19 heavy (non-hydrogen) atoms. The van der Waals surface area contributed by atoms with E-state index in [9.17, 15) is 18.0 Å². The van der Waals surface area contributed by atoms with E-state index in [-0.39, 0.29) is 6.61 Å². The van der Waals surface area contributed by atoms with E-state index >= 15 is 0 Å². The van der Waals surface area contributed by atoms with Crippen molar-refractivity contribution in [1.29, 1.82) is 0 Å². The Morgan fingerprint density at radius 1 is 1.47 bits per heavy atom. The van der Waals surface area contributed by atoms with Crippen molar-refractivity contribution < 1.29 is 22.7 Å². The molecule has 0 bridgehead atoms. The monoisotopic (exact) mass is 274 g/mol. The number of anilines is 1. The lowest BCUT2D eigenvalue weighted by Gasteiger charge is -2.25. The van der Waals surface area contributed by atoms with Gasteiger partial charge in [-0.3, -0.25) is 4.79 Å². The minimum absolute atomic E-state index is 0.278. The molecule has 1 amide bonds. The van der Waals surface area contributed by atoms with E-state index in [1.807, 2.05) is 5.32 Å². The number of benzene rings is 1. The summed E-state index contributed by atoms with van der Waals surface area (Å²) in [7, 11) is 0. The molecule has 1 unspecified atom stereocenters. The lowest BCUT2D eigenvalue weighted by Crippen LogP contribution is -2.39. The van der Waals surface area contributed by atoms with Crippen molar-refractivity contribution in [2.45, 2.75) is 18.7 Å². The van der Waals surface area contributed by atoms with Crippen LogP contribution in [0.5, 0.6) is 0 Å². The molecule has 1 aliphatic heterocycles. The maximum atomic E-state index is 12.1. The summed E-state index contributed by atoms with van der Waals surface area (Å²) in [5, 5.41) is 1.83. The second-order valence-corrected chi connectivity index (χ2v) is 4.29. The molecule has 0 spiro atoms. The van der Waals surface area contributed by atoms with Gasteiger partial charge in [0.1, 0.15) is 6.54 Å². The van der Waals surface area contributed by atoms with E-state index in [0.29, 0.717) is 17.7 Å². The fourth-order valence-corrected chi connectivity index (χ4v) is 1.97. The van der Waals surface area contributed by atoms with Gasteiger partial charge in [0.25, 0.3) is 5.91 Å². The van der Waals surface area contributed by atoms with Crippen molar-refractivity contribution in [3.8, 4) is 0 Å². The molecule has 0 fully saturated rings. The van der Waals surface area contributed by atoms with Gasteiger partial charge in [0, 0.05) is 5.69 Å². The number of alkyl halides is 3. The zero-order chi connectivity index (χ0) is 14.0. The standard InChI is InChI=1S/C12H13F3N2O2/c13-12(14,15)6-17-11(18)10-9-2-1-8(16)5-7(9)3-4-19-10/h1-2,5,10H,3-4,6,16H2,(H,17,18). The van der Waals surface area contributed by atoms with E-state index in [0.717, 1.165) is 5.56 Å². The summed E-state index contributed by atoms with van der Waals surface area (Å²) in [5.41, 5.74) is 7.58. The number of nitrogen functional groups attached to an aromatic ring is 1. The number of ether oxygens (including phenoxy) is 1. The molecular weight excluding hydrogens is 261 g/mol. The SMILES string of the molecule is Nc1ccc2c(c1)CCOC2C(=O)NCC(F)(F)F. The summed E-state index contributed by atoms with van der Waals surface area (Å²) in [5.74, 6) is -0.789. The molecule has 0 saturated heterocycles. The fraction of sp³-hybridized carbons (Fsp3) is 0.417. The lowest BCUT2D eigenvalue weighted by molar-refractivity contribution is -0.146. The number of hydrogen-bond donors (Lipinski definition) is 2. The van der Waals surface area contributed by atoms with Crippen LogP contribution in [0.3, 0.4) is 0 Å². The van der Waals surface area contributed by atoms with Gasteiger partial charge in [-0.05, 0) is 29.7 Å². The largest absolute Gasteiger partial charge is 0.405 e. The zero-order valence-corrected chi connectivity index (χ0v) is 9.96. The van der Waals surface area contributed by atoms with Crippen molar-refractivity contribution in [2.24, 2.45) is 0 Å². The highest BCUT2D eigenvalue weighted by Crippen LogP contribution is 2.29. The van der Waals surface area contributed by atoms with Crippen LogP contribution in [0.2, 0.25) is 0 Å². The van der Waals surface area contributed by atoms with E-state index in [1.165, 1.54) is 0 Å². The van der Waals surface area contributed by atoms with Gasteiger partial charge in [-0.15, -0.1) is 0 Å². The minimum Gasteiger partial charge on any atom is -0.399 e. The molecule has 1 aromatic carbocycles. The van der Waals surface area contributed by atoms with Crippen molar-refractivity contribution in [1.82, 2.24) is 5.32 Å². The number of rotatable bonds is 2. The molecule has 1 atom stereocenters. The molecule has 1 aliphatic rings. The highest BCUT2D eigenvalue weighted by molar-refractivity contribution is 5.83. The first-order valence-electron chi connectivity index (χ1n) is 5.71. The van der Waals surface area contributed by atoms with Crippen LogP contribution < -0.4 is 11.1 Å². The smallest absolute Gasteiger partial charge is 0.399 e. The summed E-state index contributed by atoms with van der Waals surface area (Å²) >= 11 is 0. The maximum Gasteiger partial charge on any atom is 0.405 e. The normalized spacial score (nSPS) is 18.8. The molecule has 0 aliphatic carbocycles. The Morgan fingerprint density at radius 3 is 2.89 bits per heavy atom. The number of hydrogen-bond acceptors (Lipinski definition) is 3. The summed E-state index contributed by atoms with van der Waals surface area (Å²) in [4.78, 5) is 11.7. The van der Waals surface area contributed by atoms with Crippen molar-refractivity contribution in [3.05, 3.63) is 29.3 Å². The fourth-order valence-electron chi connectivity index (χ4n) is 1.97. The Hall–Kier alpha value is -1.76. The van der Waals surface area contributed by atoms with E-state index < -0.39 is 24.7 Å². The quantitative estimate of drug-likeness (QED) is 0.804. The highest BCUT2D eigenvalue weighted by atomic mass is 19.4. The topological polar surface area (TPSA) is 64.3 Å². The van der Waals surface area contributed by atoms with Crippen LogP contribution in [0.4, 0.5) is 18.9 Å². The Balaban J connectivity index is 2.13. The van der Waals surface area contributed by atoms with Crippen molar-refractivity contribution >= 4 is 11.6 Å². The Kier molecular flexibility index (Phi) is 3.66. The Labute approximate surface area is 107 Å². The first-order valence-corrected chi connectivity index (χ1v) is 5.71. The van der Waals surface area contributed by atoms with Crippen LogP contribution in [0.25, 0.3) is 0 Å². The average Bonchev–Trinajstić information content (AvgIpc) is 2.34. The molecular formula is C12H13F3N2O2. The Morgan fingerprint density at radius 2 is 2.21 bits per heavy atom. The average molecular weight is 274 g/mol. The van der Waals surface area contributed by atoms with Crippen molar-refractivity contribution in [3.63, 3.8) is 0 Å². The molecule has 2 rings (SSSR count). The van der Waals surface area contributed by atoms with Crippen LogP contribution >= 0.6 is 0 Å². The van der Waals surface area contributed by atoms with Gasteiger partial charge in [0.15, 0.2) is 6.10 Å². The third-order valence-electron chi connectivity index (χ3n) is 2.81. The summed E-state index contributed by atoms with van der Waals surface area (Å²) in [6.45, 7) is -1.09. The molecule has 0 aromatic heterocycles. The second kappa shape index (κ2) is 5.08. The molecule has 1 heterocycles.